The van der Waals surface area contributed by atoms with Crippen LogP contribution in [0.4, 0.5) is 0 Å². The maximum Gasteiger partial charge on any atom is 0.253 e. The number of halogens is 1. The molecular weight excluding hydrogens is 316 g/mol. The number of morpholine rings is 1. The summed E-state index contributed by atoms with van der Waals surface area (Å²) in [6.07, 6.45) is 2.18. The standard InChI is InChI=1S/C17H23ClN2O3/c18-13-5-2-1-4-12(13)17(22)19-14-6-3-7-15(16(14)21)20-8-10-23-11-9-20/h1-2,4-5,14-16,21H,3,6-11H2,(H,19,22)/t14-,15-,16-/m1/s1. The van der Waals surface area contributed by atoms with Crippen molar-refractivity contribution >= 4 is 17.5 Å². The van der Waals surface area contributed by atoms with E-state index in [4.69, 9.17) is 16.3 Å². The van der Waals surface area contributed by atoms with Crippen LogP contribution in [0.15, 0.2) is 24.3 Å². The van der Waals surface area contributed by atoms with E-state index in [1.165, 1.54) is 0 Å². The zero-order valence-corrected chi connectivity index (χ0v) is 13.8. The highest BCUT2D eigenvalue weighted by Crippen LogP contribution is 2.25. The first-order chi connectivity index (χ1) is 11.2. The number of aliphatic hydroxyl groups is 1. The number of carbonyl (C=O) groups excluding carboxylic acids is 1. The molecule has 2 N–H and O–H groups in total. The molecule has 1 aromatic rings. The fraction of sp³-hybridized carbons (Fsp3) is 0.588. The third kappa shape index (κ3) is 3.86. The molecule has 0 spiro atoms. The second-order valence-corrected chi connectivity index (χ2v) is 6.60. The molecule has 3 atom stereocenters. The summed E-state index contributed by atoms with van der Waals surface area (Å²) in [6.45, 7) is 3.10. The van der Waals surface area contributed by atoms with Gasteiger partial charge in [-0.3, -0.25) is 9.69 Å². The number of nitrogens with zero attached hydrogens (tertiary/aromatic N) is 1. The first kappa shape index (κ1) is 16.7. The van der Waals surface area contributed by atoms with Crippen LogP contribution in [-0.2, 0) is 4.74 Å². The average molecular weight is 339 g/mol. The summed E-state index contributed by atoms with van der Waals surface area (Å²) >= 11 is 6.08. The highest BCUT2D eigenvalue weighted by atomic mass is 35.5. The Balaban J connectivity index is 1.65. The molecular formula is C17H23ClN2O3. The van der Waals surface area contributed by atoms with Crippen LogP contribution in [0.3, 0.4) is 0 Å². The lowest BCUT2D eigenvalue weighted by Crippen LogP contribution is -2.58. The van der Waals surface area contributed by atoms with Crippen molar-refractivity contribution in [3.63, 3.8) is 0 Å². The molecule has 0 bridgehead atoms. The molecule has 1 saturated heterocycles. The average Bonchev–Trinajstić information content (AvgIpc) is 2.58. The molecule has 5 nitrogen and oxygen atoms in total. The lowest BCUT2D eigenvalue weighted by molar-refractivity contribution is -0.0459. The second-order valence-electron chi connectivity index (χ2n) is 6.20. The molecule has 1 aromatic carbocycles. The number of nitrogens with one attached hydrogen (secondary N) is 1. The van der Waals surface area contributed by atoms with Crippen molar-refractivity contribution in [2.75, 3.05) is 26.3 Å². The Morgan fingerprint density at radius 1 is 1.26 bits per heavy atom. The summed E-state index contributed by atoms with van der Waals surface area (Å²) in [7, 11) is 0. The molecule has 126 valence electrons. The third-order valence-corrected chi connectivity index (χ3v) is 5.10. The van der Waals surface area contributed by atoms with Crippen LogP contribution < -0.4 is 5.32 Å². The van der Waals surface area contributed by atoms with E-state index < -0.39 is 6.10 Å². The number of carbonyl (C=O) groups is 1. The molecule has 0 aromatic heterocycles. The second kappa shape index (κ2) is 7.62. The molecule has 6 heteroatoms. The Morgan fingerprint density at radius 3 is 2.74 bits per heavy atom. The maximum absolute atomic E-state index is 12.4. The minimum Gasteiger partial charge on any atom is -0.389 e. The van der Waals surface area contributed by atoms with Gasteiger partial charge in [0.05, 0.1) is 35.9 Å². The van der Waals surface area contributed by atoms with Crippen LogP contribution in [-0.4, -0.2) is 60.4 Å². The van der Waals surface area contributed by atoms with E-state index in [0.29, 0.717) is 23.8 Å². The lowest BCUT2D eigenvalue weighted by atomic mass is 9.86. The van der Waals surface area contributed by atoms with Gasteiger partial charge in [0, 0.05) is 19.1 Å². The van der Waals surface area contributed by atoms with Gasteiger partial charge in [0.2, 0.25) is 0 Å². The summed E-state index contributed by atoms with van der Waals surface area (Å²) < 4.78 is 5.38. The monoisotopic (exact) mass is 338 g/mol. The summed E-state index contributed by atoms with van der Waals surface area (Å²) in [6, 6.07) is 6.83. The fourth-order valence-electron chi connectivity index (χ4n) is 3.51. The first-order valence-corrected chi connectivity index (χ1v) is 8.60. The number of hydrogen-bond donors (Lipinski definition) is 2. The van der Waals surface area contributed by atoms with E-state index >= 15 is 0 Å². The number of hydrogen-bond acceptors (Lipinski definition) is 4. The molecule has 1 saturated carbocycles. The minimum absolute atomic E-state index is 0.0872. The van der Waals surface area contributed by atoms with Crippen LogP contribution in [0.25, 0.3) is 0 Å². The largest absolute Gasteiger partial charge is 0.389 e. The molecule has 1 heterocycles. The minimum atomic E-state index is -0.562. The number of ether oxygens (including phenoxy) is 1. The molecule has 1 amide bonds. The molecule has 1 aliphatic carbocycles. The van der Waals surface area contributed by atoms with Crippen molar-refractivity contribution in [1.29, 1.82) is 0 Å². The van der Waals surface area contributed by atoms with E-state index in [9.17, 15) is 9.90 Å². The van der Waals surface area contributed by atoms with Gasteiger partial charge in [-0.2, -0.15) is 0 Å². The maximum atomic E-state index is 12.4. The quantitative estimate of drug-likeness (QED) is 0.880. The number of rotatable bonds is 3. The van der Waals surface area contributed by atoms with E-state index in [2.05, 4.69) is 10.2 Å². The lowest BCUT2D eigenvalue weighted by Gasteiger charge is -2.43. The Kier molecular flexibility index (Phi) is 5.54. The molecule has 0 unspecified atom stereocenters. The summed E-state index contributed by atoms with van der Waals surface area (Å²) in [5.41, 5.74) is 0.454. The van der Waals surface area contributed by atoms with Crippen LogP contribution >= 0.6 is 11.6 Å². The smallest absolute Gasteiger partial charge is 0.253 e. The van der Waals surface area contributed by atoms with Gasteiger partial charge >= 0.3 is 0 Å². The first-order valence-electron chi connectivity index (χ1n) is 8.22. The predicted molar refractivity (Wildman–Crippen MR) is 88.7 cm³/mol. The van der Waals surface area contributed by atoms with Gasteiger partial charge in [0.1, 0.15) is 0 Å². The number of aliphatic hydroxyl groups excluding tert-OH is 1. The van der Waals surface area contributed by atoms with Gasteiger partial charge in [0.15, 0.2) is 0 Å². The number of amides is 1. The molecule has 3 rings (SSSR count). The molecule has 0 radical (unpaired) electrons. The Hall–Kier alpha value is -1.14. The molecule has 2 fully saturated rings. The Morgan fingerprint density at radius 2 is 2.00 bits per heavy atom. The van der Waals surface area contributed by atoms with Gasteiger partial charge < -0.3 is 15.2 Å². The van der Waals surface area contributed by atoms with E-state index in [0.717, 1.165) is 32.4 Å². The van der Waals surface area contributed by atoms with Crippen molar-refractivity contribution in [3.05, 3.63) is 34.9 Å². The highest BCUT2D eigenvalue weighted by Gasteiger charge is 2.36. The molecule has 1 aliphatic heterocycles. The molecule has 2 aliphatic rings. The topological polar surface area (TPSA) is 61.8 Å². The van der Waals surface area contributed by atoms with Crippen LogP contribution in [0.1, 0.15) is 29.6 Å². The van der Waals surface area contributed by atoms with Crippen molar-refractivity contribution in [3.8, 4) is 0 Å². The van der Waals surface area contributed by atoms with Crippen molar-refractivity contribution < 1.29 is 14.6 Å². The summed E-state index contributed by atoms with van der Waals surface area (Å²) in [5, 5.41) is 14.1. The van der Waals surface area contributed by atoms with Gasteiger partial charge in [-0.05, 0) is 31.4 Å². The Bertz CT molecular complexity index is 548. The van der Waals surface area contributed by atoms with Gasteiger partial charge in [0.25, 0.3) is 5.91 Å². The van der Waals surface area contributed by atoms with Crippen LogP contribution in [0.2, 0.25) is 5.02 Å². The fourth-order valence-corrected chi connectivity index (χ4v) is 3.73. The van der Waals surface area contributed by atoms with E-state index in [1.54, 1.807) is 24.3 Å². The van der Waals surface area contributed by atoms with Gasteiger partial charge in [-0.1, -0.05) is 23.7 Å². The Labute approximate surface area is 141 Å². The van der Waals surface area contributed by atoms with E-state index in [1.807, 2.05) is 0 Å². The van der Waals surface area contributed by atoms with E-state index in [-0.39, 0.29) is 18.0 Å². The highest BCUT2D eigenvalue weighted by molar-refractivity contribution is 6.33. The molecule has 23 heavy (non-hydrogen) atoms. The van der Waals surface area contributed by atoms with Crippen molar-refractivity contribution in [2.24, 2.45) is 0 Å². The SMILES string of the molecule is O=C(N[C@@H]1CCC[C@@H](N2CCOCC2)[C@@H]1O)c1ccccc1Cl. The zero-order valence-electron chi connectivity index (χ0n) is 13.1. The number of benzene rings is 1. The van der Waals surface area contributed by atoms with Gasteiger partial charge in [-0.25, -0.2) is 0 Å². The normalized spacial score (nSPS) is 29.2. The van der Waals surface area contributed by atoms with Crippen molar-refractivity contribution in [1.82, 2.24) is 10.2 Å². The van der Waals surface area contributed by atoms with Crippen LogP contribution in [0.5, 0.6) is 0 Å². The zero-order chi connectivity index (χ0) is 16.2. The van der Waals surface area contributed by atoms with Crippen LogP contribution in [0, 0.1) is 0 Å². The summed E-state index contributed by atoms with van der Waals surface area (Å²) in [4.78, 5) is 14.7. The third-order valence-electron chi connectivity index (χ3n) is 4.77. The summed E-state index contributed by atoms with van der Waals surface area (Å²) in [5.74, 6) is -0.220. The van der Waals surface area contributed by atoms with Gasteiger partial charge in [-0.15, -0.1) is 0 Å². The van der Waals surface area contributed by atoms with Crippen molar-refractivity contribution in [2.45, 2.75) is 37.5 Å². The predicted octanol–water partition coefficient (Wildman–Crippen LogP) is 1.68.